The fourth-order valence-electron chi connectivity index (χ4n) is 2.93. The van der Waals surface area contributed by atoms with Crippen LogP contribution in [-0.2, 0) is 4.79 Å². The van der Waals surface area contributed by atoms with Gasteiger partial charge in [0.1, 0.15) is 19.3 Å². The summed E-state index contributed by atoms with van der Waals surface area (Å²) in [4.78, 5) is 24.1. The zero-order chi connectivity index (χ0) is 17.8. The van der Waals surface area contributed by atoms with Crippen LogP contribution in [0.15, 0.2) is 18.2 Å². The number of benzene rings is 1. The summed E-state index contributed by atoms with van der Waals surface area (Å²) in [6.07, 6.45) is 2.15. The number of hydrogen-bond donors (Lipinski definition) is 3. The maximum Gasteiger partial charge on any atom is 0.315 e. The van der Waals surface area contributed by atoms with Gasteiger partial charge >= 0.3 is 6.03 Å². The molecule has 3 rings (SSSR count). The van der Waals surface area contributed by atoms with Crippen LogP contribution in [0.3, 0.4) is 0 Å². The van der Waals surface area contributed by atoms with Gasteiger partial charge in [0.2, 0.25) is 5.91 Å². The lowest BCUT2D eigenvalue weighted by molar-refractivity contribution is -0.122. The van der Waals surface area contributed by atoms with E-state index in [-0.39, 0.29) is 18.0 Å². The van der Waals surface area contributed by atoms with Crippen LogP contribution >= 0.6 is 0 Å². The second kappa shape index (κ2) is 7.63. The van der Waals surface area contributed by atoms with Crippen LogP contribution in [0.1, 0.15) is 38.3 Å². The highest BCUT2D eigenvalue weighted by Gasteiger charge is 2.34. The first kappa shape index (κ1) is 17.4. The molecule has 2 unspecified atom stereocenters. The number of rotatable bonds is 6. The summed E-state index contributed by atoms with van der Waals surface area (Å²) < 4.78 is 11.2. The molecule has 0 spiro atoms. The Morgan fingerprint density at radius 3 is 2.56 bits per heavy atom. The van der Waals surface area contributed by atoms with E-state index in [1.54, 1.807) is 6.92 Å². The smallest absolute Gasteiger partial charge is 0.315 e. The van der Waals surface area contributed by atoms with Crippen molar-refractivity contribution >= 4 is 11.9 Å². The van der Waals surface area contributed by atoms with Crippen molar-refractivity contribution in [2.45, 2.75) is 38.8 Å². The Balaban J connectivity index is 1.65. The third-order valence-electron chi connectivity index (χ3n) is 4.40. The number of urea groups is 1. The van der Waals surface area contributed by atoms with Gasteiger partial charge in [-0.3, -0.25) is 4.79 Å². The average molecular weight is 347 g/mol. The van der Waals surface area contributed by atoms with E-state index < -0.39 is 6.04 Å². The Morgan fingerprint density at radius 2 is 1.88 bits per heavy atom. The number of likely N-dealkylation sites (N-methyl/N-ethyl adjacent to an activating group) is 1. The van der Waals surface area contributed by atoms with Crippen LogP contribution in [0.2, 0.25) is 0 Å². The van der Waals surface area contributed by atoms with Crippen molar-refractivity contribution in [1.29, 1.82) is 0 Å². The number of carbonyl (C=O) groups is 2. The van der Waals surface area contributed by atoms with Crippen LogP contribution in [0.25, 0.3) is 0 Å². The van der Waals surface area contributed by atoms with Crippen molar-refractivity contribution in [1.82, 2.24) is 16.0 Å². The Hall–Kier alpha value is -2.44. The Morgan fingerprint density at radius 1 is 1.16 bits per heavy atom. The maximum atomic E-state index is 12.3. The van der Waals surface area contributed by atoms with E-state index >= 15 is 0 Å². The van der Waals surface area contributed by atoms with Crippen molar-refractivity contribution in [2.75, 3.05) is 19.8 Å². The summed E-state index contributed by atoms with van der Waals surface area (Å²) in [7, 11) is 0. The van der Waals surface area contributed by atoms with Crippen molar-refractivity contribution in [3.05, 3.63) is 23.8 Å². The van der Waals surface area contributed by atoms with Gasteiger partial charge in [-0.1, -0.05) is 6.07 Å². The van der Waals surface area contributed by atoms with Gasteiger partial charge in [0.15, 0.2) is 11.5 Å². The normalized spacial score (nSPS) is 18.0. The number of fused-ring (bicyclic) bond motifs is 1. The Labute approximate surface area is 147 Å². The molecule has 7 heteroatoms. The van der Waals surface area contributed by atoms with Crippen molar-refractivity contribution in [3.63, 3.8) is 0 Å². The molecule has 0 bridgehead atoms. The largest absolute Gasteiger partial charge is 0.486 e. The number of hydrogen-bond acceptors (Lipinski definition) is 4. The number of carbonyl (C=O) groups excluding carboxylic acids is 2. The highest BCUT2D eigenvalue weighted by molar-refractivity contribution is 5.86. The van der Waals surface area contributed by atoms with E-state index in [1.807, 2.05) is 25.1 Å². The number of nitrogens with one attached hydrogen (secondary N) is 3. The highest BCUT2D eigenvalue weighted by atomic mass is 16.6. The molecular formula is C18H25N3O4. The van der Waals surface area contributed by atoms with E-state index in [1.165, 1.54) is 0 Å². The summed E-state index contributed by atoms with van der Waals surface area (Å²) >= 11 is 0. The summed E-state index contributed by atoms with van der Waals surface area (Å²) in [5, 5.41) is 8.39. The molecule has 0 saturated heterocycles. The minimum absolute atomic E-state index is 0.0998. The summed E-state index contributed by atoms with van der Waals surface area (Å²) in [5.74, 6) is 1.67. The first-order chi connectivity index (χ1) is 12.1. The van der Waals surface area contributed by atoms with Gasteiger partial charge < -0.3 is 25.4 Å². The van der Waals surface area contributed by atoms with E-state index in [9.17, 15) is 9.59 Å². The molecule has 1 fully saturated rings. The van der Waals surface area contributed by atoms with Crippen molar-refractivity contribution in [3.8, 4) is 11.5 Å². The van der Waals surface area contributed by atoms with Crippen LogP contribution in [0.5, 0.6) is 11.5 Å². The fraction of sp³-hybridized carbons (Fsp3) is 0.556. The molecule has 7 nitrogen and oxygen atoms in total. The van der Waals surface area contributed by atoms with E-state index in [0.29, 0.717) is 31.4 Å². The molecule has 1 aliphatic heterocycles. The van der Waals surface area contributed by atoms with Crippen molar-refractivity contribution < 1.29 is 19.1 Å². The topological polar surface area (TPSA) is 88.7 Å². The molecule has 136 valence electrons. The number of amides is 3. The second-order valence-corrected chi connectivity index (χ2v) is 6.45. The zero-order valence-electron chi connectivity index (χ0n) is 14.6. The van der Waals surface area contributed by atoms with Gasteiger partial charge in [0.05, 0.1) is 6.04 Å². The first-order valence-corrected chi connectivity index (χ1v) is 8.82. The zero-order valence-corrected chi connectivity index (χ0v) is 14.6. The predicted octanol–water partition coefficient (Wildman–Crippen LogP) is 1.73. The molecule has 1 heterocycles. The monoisotopic (exact) mass is 347 g/mol. The molecule has 3 N–H and O–H groups in total. The highest BCUT2D eigenvalue weighted by Crippen LogP contribution is 2.43. The van der Waals surface area contributed by atoms with E-state index in [4.69, 9.17) is 9.47 Å². The molecule has 1 aromatic carbocycles. The van der Waals surface area contributed by atoms with E-state index in [0.717, 1.165) is 24.2 Å². The third-order valence-corrected chi connectivity index (χ3v) is 4.40. The SMILES string of the molecule is CCNC(=O)C(C)NC(=O)NC(c1ccc2c(c1)OCCO2)C1CC1. The summed E-state index contributed by atoms with van der Waals surface area (Å²) in [6, 6.07) is 4.76. The van der Waals surface area contributed by atoms with E-state index in [2.05, 4.69) is 16.0 Å². The second-order valence-electron chi connectivity index (χ2n) is 6.45. The van der Waals surface area contributed by atoms with Gasteiger partial charge in [-0.2, -0.15) is 0 Å². The third kappa shape index (κ3) is 4.35. The van der Waals surface area contributed by atoms with Crippen LogP contribution in [-0.4, -0.2) is 37.7 Å². The average Bonchev–Trinajstić information content (AvgIpc) is 3.44. The van der Waals surface area contributed by atoms with Gasteiger partial charge in [0.25, 0.3) is 0 Å². The summed E-state index contributed by atoms with van der Waals surface area (Å²) in [6.45, 7) is 5.13. The lowest BCUT2D eigenvalue weighted by atomic mass is 10.0. The molecule has 2 atom stereocenters. The fourth-order valence-corrected chi connectivity index (χ4v) is 2.93. The maximum absolute atomic E-state index is 12.3. The van der Waals surface area contributed by atoms with Gasteiger partial charge in [-0.25, -0.2) is 4.79 Å². The first-order valence-electron chi connectivity index (χ1n) is 8.82. The lowest BCUT2D eigenvalue weighted by Crippen LogP contribution is -2.49. The molecule has 1 saturated carbocycles. The van der Waals surface area contributed by atoms with Gasteiger partial charge in [0, 0.05) is 6.54 Å². The predicted molar refractivity (Wildman–Crippen MR) is 92.7 cm³/mol. The number of ether oxygens (including phenoxy) is 2. The molecular weight excluding hydrogens is 322 g/mol. The quantitative estimate of drug-likeness (QED) is 0.731. The van der Waals surface area contributed by atoms with Crippen LogP contribution in [0, 0.1) is 5.92 Å². The molecule has 1 aliphatic carbocycles. The van der Waals surface area contributed by atoms with Gasteiger partial charge in [-0.15, -0.1) is 0 Å². The van der Waals surface area contributed by atoms with Crippen molar-refractivity contribution in [2.24, 2.45) is 5.92 Å². The van der Waals surface area contributed by atoms with Crippen LogP contribution in [0.4, 0.5) is 4.79 Å². The summed E-state index contributed by atoms with van der Waals surface area (Å²) in [5.41, 5.74) is 0.993. The lowest BCUT2D eigenvalue weighted by Gasteiger charge is -2.24. The molecule has 0 radical (unpaired) electrons. The molecule has 25 heavy (non-hydrogen) atoms. The molecule has 3 amide bonds. The van der Waals surface area contributed by atoms with Crippen LogP contribution < -0.4 is 25.4 Å². The minimum Gasteiger partial charge on any atom is -0.486 e. The molecule has 0 aromatic heterocycles. The Kier molecular flexibility index (Phi) is 5.31. The minimum atomic E-state index is -0.583. The molecule has 2 aliphatic rings. The standard InChI is InChI=1S/C18H25N3O4/c1-3-19-17(22)11(2)20-18(23)21-16(12-4-5-12)13-6-7-14-15(10-13)25-9-8-24-14/h6-7,10-12,16H,3-5,8-9H2,1-2H3,(H,19,22)(H2,20,21,23). The Bertz CT molecular complexity index is 645. The molecule has 1 aromatic rings. The van der Waals surface area contributed by atoms with Gasteiger partial charge in [-0.05, 0) is 50.3 Å².